The number of aryl methyl sites for hydroxylation is 1. The molecular formula is C19H20F3N3O3S2. The largest absolute Gasteiger partial charge is 0.417 e. The fourth-order valence-electron chi connectivity index (χ4n) is 3.05. The number of anilines is 1. The Hall–Kier alpha value is -2.11. The van der Waals surface area contributed by atoms with Crippen molar-refractivity contribution in [2.24, 2.45) is 0 Å². The third-order valence-electron chi connectivity index (χ3n) is 4.66. The van der Waals surface area contributed by atoms with Crippen molar-refractivity contribution in [2.45, 2.75) is 28.9 Å². The van der Waals surface area contributed by atoms with Gasteiger partial charge >= 0.3 is 6.18 Å². The summed E-state index contributed by atoms with van der Waals surface area (Å²) in [5, 5.41) is 0.320. The van der Waals surface area contributed by atoms with Gasteiger partial charge in [0.2, 0.25) is 15.9 Å². The van der Waals surface area contributed by atoms with Crippen LogP contribution in [0.3, 0.4) is 0 Å². The van der Waals surface area contributed by atoms with Crippen LogP contribution in [0.5, 0.6) is 0 Å². The van der Waals surface area contributed by atoms with Crippen LogP contribution in [0.2, 0.25) is 0 Å². The molecule has 2 aromatic rings. The molecule has 3 rings (SSSR count). The van der Waals surface area contributed by atoms with Gasteiger partial charge in [-0.05, 0) is 48.7 Å². The maximum absolute atomic E-state index is 12.7. The van der Waals surface area contributed by atoms with Crippen LogP contribution in [0, 0.1) is 0 Å². The van der Waals surface area contributed by atoms with E-state index >= 15 is 0 Å². The zero-order chi connectivity index (χ0) is 22.1. The Labute approximate surface area is 177 Å². The number of pyridine rings is 1. The molecule has 0 unspecified atom stereocenters. The summed E-state index contributed by atoms with van der Waals surface area (Å²) in [7, 11) is -0.660. The second kappa shape index (κ2) is 8.56. The highest BCUT2D eigenvalue weighted by Gasteiger charge is 2.31. The third kappa shape index (κ3) is 4.79. The molecule has 0 aliphatic carbocycles. The first kappa shape index (κ1) is 22.6. The van der Waals surface area contributed by atoms with Gasteiger partial charge in [-0.15, -0.1) is 0 Å². The number of thioether (sulfide) groups is 1. The monoisotopic (exact) mass is 459 g/mol. The van der Waals surface area contributed by atoms with E-state index in [1.807, 2.05) is 0 Å². The molecule has 1 aromatic heterocycles. The van der Waals surface area contributed by atoms with Crippen molar-refractivity contribution >= 4 is 33.4 Å². The van der Waals surface area contributed by atoms with Crippen LogP contribution in [-0.2, 0) is 27.4 Å². The number of alkyl halides is 3. The van der Waals surface area contributed by atoms with Gasteiger partial charge in [-0.3, -0.25) is 4.79 Å². The van der Waals surface area contributed by atoms with Gasteiger partial charge in [-0.1, -0.05) is 11.8 Å². The van der Waals surface area contributed by atoms with E-state index in [0.717, 1.165) is 33.9 Å². The minimum atomic E-state index is -4.46. The summed E-state index contributed by atoms with van der Waals surface area (Å²) >= 11 is 1.06. The number of sulfonamides is 1. The molecule has 2 heterocycles. The average Bonchev–Trinajstić information content (AvgIpc) is 2.70. The molecule has 0 N–H and O–H groups in total. The average molecular weight is 460 g/mol. The predicted octanol–water partition coefficient (Wildman–Crippen LogP) is 3.42. The van der Waals surface area contributed by atoms with Crippen molar-refractivity contribution in [3.05, 3.63) is 47.7 Å². The molecule has 1 aliphatic heterocycles. The molecule has 6 nitrogen and oxygen atoms in total. The predicted molar refractivity (Wildman–Crippen MR) is 108 cm³/mol. The quantitative estimate of drug-likeness (QED) is 0.641. The first-order valence-corrected chi connectivity index (χ1v) is 11.4. The molecule has 0 saturated carbocycles. The van der Waals surface area contributed by atoms with Crippen molar-refractivity contribution < 1.29 is 26.4 Å². The number of hydrogen-bond donors (Lipinski definition) is 0. The Morgan fingerprint density at radius 2 is 1.97 bits per heavy atom. The number of amides is 1. The molecule has 0 fully saturated rings. The maximum atomic E-state index is 12.7. The number of carbonyl (C=O) groups excluding carboxylic acids is 1. The minimum Gasteiger partial charge on any atom is -0.311 e. The number of fused-ring (bicyclic) bond motifs is 1. The Morgan fingerprint density at radius 1 is 1.23 bits per heavy atom. The van der Waals surface area contributed by atoms with Crippen LogP contribution in [0.15, 0.2) is 46.5 Å². The molecular weight excluding hydrogens is 439 g/mol. The highest BCUT2D eigenvalue weighted by Crippen LogP contribution is 2.32. The van der Waals surface area contributed by atoms with Gasteiger partial charge in [-0.25, -0.2) is 17.7 Å². The number of halogens is 3. The Balaban J connectivity index is 1.73. The number of nitrogens with zero attached hydrogens (tertiary/aromatic N) is 3. The van der Waals surface area contributed by atoms with E-state index in [4.69, 9.17) is 0 Å². The van der Waals surface area contributed by atoms with E-state index in [0.29, 0.717) is 30.1 Å². The van der Waals surface area contributed by atoms with Gasteiger partial charge in [-0.2, -0.15) is 13.2 Å². The van der Waals surface area contributed by atoms with Crippen LogP contribution >= 0.6 is 11.8 Å². The first-order chi connectivity index (χ1) is 14.0. The first-order valence-electron chi connectivity index (χ1n) is 9.02. The lowest BCUT2D eigenvalue weighted by Crippen LogP contribution is -2.36. The van der Waals surface area contributed by atoms with Crippen LogP contribution in [0.4, 0.5) is 18.9 Å². The lowest BCUT2D eigenvalue weighted by atomic mass is 10.0. The summed E-state index contributed by atoms with van der Waals surface area (Å²) in [5.74, 6) is -0.207. The van der Waals surface area contributed by atoms with Gasteiger partial charge < -0.3 is 4.90 Å². The van der Waals surface area contributed by atoms with E-state index in [1.54, 1.807) is 17.0 Å². The highest BCUT2D eigenvalue weighted by molar-refractivity contribution is 7.99. The molecule has 11 heteroatoms. The summed E-state index contributed by atoms with van der Waals surface area (Å²) in [6, 6.07) is 6.87. The molecule has 1 aliphatic rings. The summed E-state index contributed by atoms with van der Waals surface area (Å²) < 4.78 is 63.7. The molecule has 0 saturated heterocycles. The lowest BCUT2D eigenvalue weighted by molar-refractivity contribution is -0.137. The van der Waals surface area contributed by atoms with Gasteiger partial charge in [0.25, 0.3) is 0 Å². The molecule has 0 bridgehead atoms. The van der Waals surface area contributed by atoms with Gasteiger partial charge in [0.05, 0.1) is 21.2 Å². The fraction of sp³-hybridized carbons (Fsp3) is 0.368. The normalized spacial score (nSPS) is 14.7. The highest BCUT2D eigenvalue weighted by atomic mass is 32.2. The second-order valence-corrected chi connectivity index (χ2v) is 10.0. The summed E-state index contributed by atoms with van der Waals surface area (Å²) in [4.78, 5) is 18.2. The Bertz CT molecular complexity index is 1040. The standard InChI is InChI=1S/C19H20F3N3O3S2/c1-24(2)30(27,28)15-6-7-16-13(10-15)4-3-9-25(16)18(26)12-29-17-8-5-14(11-23-17)19(20,21)22/h5-8,10-11H,3-4,9,12H2,1-2H3. The van der Waals surface area contributed by atoms with Crippen molar-refractivity contribution in [3.63, 3.8) is 0 Å². The number of rotatable bonds is 5. The molecule has 1 amide bonds. The second-order valence-electron chi connectivity index (χ2n) is 6.90. The Kier molecular flexibility index (Phi) is 6.44. The van der Waals surface area contributed by atoms with E-state index < -0.39 is 21.8 Å². The molecule has 30 heavy (non-hydrogen) atoms. The molecule has 0 spiro atoms. The zero-order valence-electron chi connectivity index (χ0n) is 16.3. The number of benzene rings is 1. The van der Waals surface area contributed by atoms with Gasteiger partial charge in [0.1, 0.15) is 0 Å². The van der Waals surface area contributed by atoms with Crippen LogP contribution in [-0.4, -0.2) is 50.0 Å². The van der Waals surface area contributed by atoms with Crippen molar-refractivity contribution in [1.29, 1.82) is 0 Å². The Morgan fingerprint density at radius 3 is 2.57 bits per heavy atom. The van der Waals surface area contributed by atoms with Crippen molar-refractivity contribution in [1.82, 2.24) is 9.29 Å². The number of carbonyl (C=O) groups is 1. The zero-order valence-corrected chi connectivity index (χ0v) is 17.9. The summed E-state index contributed by atoms with van der Waals surface area (Å²) in [5.41, 5.74) is 0.590. The summed E-state index contributed by atoms with van der Waals surface area (Å²) in [6.07, 6.45) is -2.37. The number of hydrogen-bond acceptors (Lipinski definition) is 5. The topological polar surface area (TPSA) is 70.6 Å². The lowest BCUT2D eigenvalue weighted by Gasteiger charge is -2.30. The smallest absolute Gasteiger partial charge is 0.311 e. The van der Waals surface area contributed by atoms with Crippen LogP contribution in [0.25, 0.3) is 0 Å². The minimum absolute atomic E-state index is 0.00948. The molecule has 0 atom stereocenters. The van der Waals surface area contributed by atoms with Crippen LogP contribution in [0.1, 0.15) is 17.5 Å². The number of aromatic nitrogens is 1. The van der Waals surface area contributed by atoms with Crippen molar-refractivity contribution in [3.8, 4) is 0 Å². The van der Waals surface area contributed by atoms with Crippen LogP contribution < -0.4 is 4.90 Å². The maximum Gasteiger partial charge on any atom is 0.417 e. The van der Waals surface area contributed by atoms with E-state index in [1.165, 1.54) is 26.2 Å². The van der Waals surface area contributed by atoms with E-state index in [-0.39, 0.29) is 16.6 Å². The molecule has 0 radical (unpaired) electrons. The third-order valence-corrected chi connectivity index (χ3v) is 7.40. The summed E-state index contributed by atoms with van der Waals surface area (Å²) in [6.45, 7) is 0.493. The van der Waals surface area contributed by atoms with Gasteiger partial charge in [0, 0.05) is 32.5 Å². The molecule has 162 valence electrons. The SMILES string of the molecule is CN(C)S(=O)(=O)c1ccc2c(c1)CCCN2C(=O)CSc1ccc(C(F)(F)F)cn1. The van der Waals surface area contributed by atoms with E-state index in [2.05, 4.69) is 4.98 Å². The van der Waals surface area contributed by atoms with Crippen molar-refractivity contribution in [2.75, 3.05) is 31.3 Å². The van der Waals surface area contributed by atoms with Gasteiger partial charge in [0.15, 0.2) is 0 Å². The molecule has 1 aromatic carbocycles. The van der Waals surface area contributed by atoms with E-state index in [9.17, 15) is 26.4 Å². The fourth-order valence-corrected chi connectivity index (χ4v) is 4.72.